The number of halogens is 8. The van der Waals surface area contributed by atoms with E-state index in [1.54, 1.807) is 0 Å². The first-order valence-electron chi connectivity index (χ1n) is 7.04. The Morgan fingerprint density at radius 2 is 1.38 bits per heavy atom. The molecule has 0 fully saturated rings. The van der Waals surface area contributed by atoms with Crippen molar-refractivity contribution in [3.8, 4) is 11.5 Å². The Bertz CT molecular complexity index is 761. The highest BCUT2D eigenvalue weighted by Crippen LogP contribution is 2.37. The van der Waals surface area contributed by atoms with Crippen molar-refractivity contribution in [1.82, 2.24) is 0 Å². The average molecular weight is 386 g/mol. The second-order valence-electron chi connectivity index (χ2n) is 5.00. The second kappa shape index (κ2) is 7.38. The van der Waals surface area contributed by atoms with Crippen molar-refractivity contribution in [1.29, 1.82) is 0 Å². The zero-order chi connectivity index (χ0) is 19.6. The Balaban J connectivity index is 2.38. The third-order valence-electron chi connectivity index (χ3n) is 3.23. The van der Waals surface area contributed by atoms with Gasteiger partial charge >= 0.3 is 12.7 Å². The lowest BCUT2D eigenvalue weighted by atomic mass is 10.1. The van der Waals surface area contributed by atoms with Gasteiger partial charge in [0.15, 0.2) is 17.4 Å². The summed E-state index contributed by atoms with van der Waals surface area (Å²) < 4.78 is 114. The van der Waals surface area contributed by atoms with Crippen molar-refractivity contribution in [2.45, 2.75) is 26.1 Å². The van der Waals surface area contributed by atoms with Crippen LogP contribution in [0.2, 0.25) is 0 Å². The molecule has 0 saturated carbocycles. The smallest absolute Gasteiger partial charge is 0.429 e. The summed E-state index contributed by atoms with van der Waals surface area (Å²) in [6.45, 7) is -2.02. The van der Waals surface area contributed by atoms with E-state index in [0.717, 1.165) is 0 Å². The minimum atomic E-state index is -4.63. The molecular weight excluding hydrogens is 376 g/mol. The summed E-state index contributed by atoms with van der Waals surface area (Å²) in [6, 6.07) is 1.56. The van der Waals surface area contributed by atoms with E-state index >= 15 is 0 Å². The van der Waals surface area contributed by atoms with Gasteiger partial charge in [-0.3, -0.25) is 0 Å². The fourth-order valence-corrected chi connectivity index (χ4v) is 2.10. The van der Waals surface area contributed by atoms with Gasteiger partial charge in [0, 0.05) is 12.1 Å². The maximum absolute atomic E-state index is 14.1. The van der Waals surface area contributed by atoms with Crippen LogP contribution in [0.5, 0.6) is 11.5 Å². The standard InChI is InChI=1S/C16H10F8O2/c1-2-7-3-9(17)13(10(18)4-7)16(23,24)26-8-5-11(19)14(12(20)6-8)25-15(21)22/h3-6,15H,2H2,1H3. The molecule has 26 heavy (non-hydrogen) atoms. The van der Waals surface area contributed by atoms with Crippen LogP contribution in [0.15, 0.2) is 24.3 Å². The molecule has 0 aliphatic rings. The Morgan fingerprint density at radius 1 is 0.885 bits per heavy atom. The molecule has 2 aromatic carbocycles. The molecule has 0 atom stereocenters. The van der Waals surface area contributed by atoms with Crippen LogP contribution < -0.4 is 9.47 Å². The van der Waals surface area contributed by atoms with Gasteiger partial charge in [-0.05, 0) is 24.1 Å². The fourth-order valence-electron chi connectivity index (χ4n) is 2.10. The van der Waals surface area contributed by atoms with Crippen molar-refractivity contribution in [3.63, 3.8) is 0 Å². The van der Waals surface area contributed by atoms with Crippen LogP contribution >= 0.6 is 0 Å². The van der Waals surface area contributed by atoms with Crippen LogP contribution in [0.3, 0.4) is 0 Å². The molecule has 0 aromatic heterocycles. The summed E-state index contributed by atoms with van der Waals surface area (Å²) in [6.07, 6.45) is -4.47. The van der Waals surface area contributed by atoms with Crippen molar-refractivity contribution < 1.29 is 44.6 Å². The molecule has 0 spiro atoms. The van der Waals surface area contributed by atoms with E-state index in [1.165, 1.54) is 6.92 Å². The van der Waals surface area contributed by atoms with E-state index in [9.17, 15) is 35.1 Å². The second-order valence-corrected chi connectivity index (χ2v) is 5.00. The highest BCUT2D eigenvalue weighted by atomic mass is 19.3. The van der Waals surface area contributed by atoms with E-state index in [0.29, 0.717) is 12.1 Å². The molecule has 0 saturated heterocycles. The van der Waals surface area contributed by atoms with Crippen LogP contribution in [0.4, 0.5) is 35.1 Å². The Labute approximate surface area is 141 Å². The van der Waals surface area contributed by atoms with Crippen molar-refractivity contribution in [2.75, 3.05) is 0 Å². The number of hydrogen-bond donors (Lipinski definition) is 0. The molecule has 0 heterocycles. The number of rotatable bonds is 6. The van der Waals surface area contributed by atoms with Crippen molar-refractivity contribution >= 4 is 0 Å². The van der Waals surface area contributed by atoms with E-state index in [-0.39, 0.29) is 24.1 Å². The first-order valence-corrected chi connectivity index (χ1v) is 7.04. The molecule has 2 nitrogen and oxygen atoms in total. The zero-order valence-corrected chi connectivity index (χ0v) is 12.9. The largest absolute Gasteiger partial charge is 0.432 e. The molecule has 0 bridgehead atoms. The number of ether oxygens (including phenoxy) is 2. The average Bonchev–Trinajstić information content (AvgIpc) is 2.49. The van der Waals surface area contributed by atoms with Gasteiger partial charge in [-0.2, -0.15) is 17.6 Å². The fraction of sp³-hybridized carbons (Fsp3) is 0.250. The molecule has 142 valence electrons. The maximum Gasteiger partial charge on any atom is 0.432 e. The quantitative estimate of drug-likeness (QED) is 0.608. The van der Waals surface area contributed by atoms with Crippen molar-refractivity contribution in [3.05, 3.63) is 58.7 Å². The number of alkyl halides is 4. The van der Waals surface area contributed by atoms with E-state index in [4.69, 9.17) is 0 Å². The molecular formula is C16H10F8O2. The molecule has 0 N–H and O–H groups in total. The van der Waals surface area contributed by atoms with Gasteiger partial charge in [-0.15, -0.1) is 0 Å². The van der Waals surface area contributed by atoms with E-state index in [1.807, 2.05) is 0 Å². The Morgan fingerprint density at radius 3 is 1.81 bits per heavy atom. The lowest BCUT2D eigenvalue weighted by Gasteiger charge is -2.20. The third-order valence-corrected chi connectivity index (χ3v) is 3.23. The minimum absolute atomic E-state index is 0.102. The summed E-state index contributed by atoms with van der Waals surface area (Å²) in [7, 11) is 0. The lowest BCUT2D eigenvalue weighted by Crippen LogP contribution is -2.25. The van der Waals surface area contributed by atoms with Crippen LogP contribution in [-0.2, 0) is 12.5 Å². The highest BCUT2D eigenvalue weighted by Gasteiger charge is 2.41. The molecule has 2 aromatic rings. The molecule has 10 heteroatoms. The van der Waals surface area contributed by atoms with Gasteiger partial charge in [0.25, 0.3) is 0 Å². The zero-order valence-electron chi connectivity index (χ0n) is 12.9. The molecule has 0 amide bonds. The first-order chi connectivity index (χ1) is 12.0. The summed E-state index contributed by atoms with van der Waals surface area (Å²) >= 11 is 0. The molecule has 2 rings (SSSR count). The number of hydrogen-bond acceptors (Lipinski definition) is 2. The normalized spacial score (nSPS) is 11.8. The lowest BCUT2D eigenvalue weighted by molar-refractivity contribution is -0.189. The molecule has 0 unspecified atom stereocenters. The molecule has 0 radical (unpaired) electrons. The van der Waals surface area contributed by atoms with Gasteiger partial charge in [0.1, 0.15) is 22.9 Å². The topological polar surface area (TPSA) is 18.5 Å². The van der Waals surface area contributed by atoms with E-state index in [2.05, 4.69) is 9.47 Å². The van der Waals surface area contributed by atoms with Crippen molar-refractivity contribution in [2.24, 2.45) is 0 Å². The van der Waals surface area contributed by atoms with Gasteiger partial charge < -0.3 is 9.47 Å². The van der Waals surface area contributed by atoms with E-state index < -0.39 is 53.1 Å². The maximum atomic E-state index is 14.1. The Hall–Kier alpha value is -2.52. The number of benzene rings is 2. The third kappa shape index (κ3) is 4.17. The predicted molar refractivity (Wildman–Crippen MR) is 73.2 cm³/mol. The minimum Gasteiger partial charge on any atom is -0.429 e. The van der Waals surface area contributed by atoms with Gasteiger partial charge in [0.05, 0.1) is 0 Å². The van der Waals surface area contributed by atoms with Gasteiger partial charge in [0.2, 0.25) is 0 Å². The SMILES string of the molecule is CCc1cc(F)c(C(F)(F)Oc2cc(F)c(OC(F)F)c(F)c2)c(F)c1. The predicted octanol–water partition coefficient (Wildman–Crippen LogP) is 5.54. The summed E-state index contributed by atoms with van der Waals surface area (Å²) in [5, 5.41) is 0. The van der Waals surface area contributed by atoms with Crippen LogP contribution in [0, 0.1) is 23.3 Å². The van der Waals surface area contributed by atoms with Crippen LogP contribution in [0.25, 0.3) is 0 Å². The van der Waals surface area contributed by atoms with Crippen LogP contribution in [0.1, 0.15) is 18.1 Å². The highest BCUT2D eigenvalue weighted by molar-refractivity contribution is 5.36. The van der Waals surface area contributed by atoms with Gasteiger partial charge in [-0.1, -0.05) is 6.92 Å². The van der Waals surface area contributed by atoms with Crippen LogP contribution in [-0.4, -0.2) is 6.61 Å². The van der Waals surface area contributed by atoms with Gasteiger partial charge in [-0.25, -0.2) is 17.6 Å². The first kappa shape index (κ1) is 19.8. The molecule has 0 aliphatic carbocycles. The Kier molecular flexibility index (Phi) is 5.62. The summed E-state index contributed by atoms with van der Waals surface area (Å²) in [4.78, 5) is 0. The number of aryl methyl sites for hydroxylation is 1. The molecule has 0 aliphatic heterocycles. The summed E-state index contributed by atoms with van der Waals surface area (Å²) in [5.74, 6) is -9.47. The monoisotopic (exact) mass is 386 g/mol. The summed E-state index contributed by atoms with van der Waals surface area (Å²) in [5.41, 5.74) is -1.66.